The van der Waals surface area contributed by atoms with E-state index in [9.17, 15) is 5.11 Å². The molecule has 0 bridgehead atoms. The molecule has 84 valence electrons. The maximum absolute atomic E-state index is 9.77. The topological polar surface area (TPSA) is 55.5 Å². The van der Waals surface area contributed by atoms with Gasteiger partial charge in [-0.25, -0.2) is 5.90 Å². The molecule has 3 heteroatoms. The molecule has 0 spiro atoms. The van der Waals surface area contributed by atoms with Crippen LogP contribution in [0.4, 0.5) is 0 Å². The summed E-state index contributed by atoms with van der Waals surface area (Å²) in [5.41, 5.74) is 1.66. The van der Waals surface area contributed by atoms with Gasteiger partial charge in [-0.3, -0.25) is 0 Å². The summed E-state index contributed by atoms with van der Waals surface area (Å²) in [6.07, 6.45) is 1.43. The summed E-state index contributed by atoms with van der Waals surface area (Å²) in [7, 11) is 0. The number of aliphatic hydroxyl groups is 1. The van der Waals surface area contributed by atoms with Gasteiger partial charge < -0.3 is 9.94 Å². The molecule has 3 nitrogen and oxygen atoms in total. The predicted octanol–water partition coefficient (Wildman–Crippen LogP) is 1.43. The smallest absolute Gasteiger partial charge is 0.0719 e. The lowest BCUT2D eigenvalue weighted by molar-refractivity contribution is 0.0805. The van der Waals surface area contributed by atoms with Crippen molar-refractivity contribution in [2.75, 3.05) is 6.61 Å². The van der Waals surface area contributed by atoms with E-state index in [1.807, 2.05) is 38.1 Å². The lowest BCUT2D eigenvalue weighted by Gasteiger charge is -2.19. The summed E-state index contributed by atoms with van der Waals surface area (Å²) in [5.74, 6) is 5.00. The molecule has 1 aromatic carbocycles. The van der Waals surface area contributed by atoms with Crippen LogP contribution in [0.1, 0.15) is 25.0 Å². The highest BCUT2D eigenvalue weighted by atomic mass is 16.6. The molecule has 0 aliphatic carbocycles. The van der Waals surface area contributed by atoms with E-state index in [0.717, 1.165) is 12.0 Å². The molecule has 0 atom stereocenters. The summed E-state index contributed by atoms with van der Waals surface area (Å²) in [4.78, 5) is 4.57. The van der Waals surface area contributed by atoms with E-state index < -0.39 is 5.60 Å². The van der Waals surface area contributed by atoms with Gasteiger partial charge in [0.25, 0.3) is 0 Å². The number of nitrogens with two attached hydrogens (primary N) is 1. The molecule has 0 aliphatic rings. The van der Waals surface area contributed by atoms with Crippen molar-refractivity contribution in [2.24, 2.45) is 5.90 Å². The zero-order chi connectivity index (χ0) is 11.3. The van der Waals surface area contributed by atoms with Gasteiger partial charge in [-0.1, -0.05) is 24.3 Å². The minimum atomic E-state index is -0.681. The zero-order valence-electron chi connectivity index (χ0n) is 9.36. The Morgan fingerprint density at radius 3 is 2.40 bits per heavy atom. The fourth-order valence-corrected chi connectivity index (χ4v) is 1.61. The van der Waals surface area contributed by atoms with Crippen LogP contribution in [0.2, 0.25) is 0 Å². The van der Waals surface area contributed by atoms with E-state index in [2.05, 4.69) is 4.84 Å². The van der Waals surface area contributed by atoms with Crippen molar-refractivity contribution < 1.29 is 9.94 Å². The standard InChI is InChI=1S/C12H19NO2/c1-12(2,14)9-11-6-4-3-5-10(11)7-8-15-13/h3-6,14H,7-9,13H2,1-2H3. The normalized spacial score (nSPS) is 11.7. The van der Waals surface area contributed by atoms with Crippen LogP contribution < -0.4 is 5.90 Å². The largest absolute Gasteiger partial charge is 0.390 e. The van der Waals surface area contributed by atoms with Gasteiger partial charge in [-0.05, 0) is 31.4 Å². The van der Waals surface area contributed by atoms with Crippen molar-refractivity contribution >= 4 is 0 Å². The fraction of sp³-hybridized carbons (Fsp3) is 0.500. The van der Waals surface area contributed by atoms with Gasteiger partial charge >= 0.3 is 0 Å². The molecule has 0 unspecified atom stereocenters. The third-order valence-electron chi connectivity index (χ3n) is 2.23. The van der Waals surface area contributed by atoms with Crippen molar-refractivity contribution in [3.63, 3.8) is 0 Å². The van der Waals surface area contributed by atoms with E-state index in [1.165, 1.54) is 5.56 Å². The minimum Gasteiger partial charge on any atom is -0.390 e. The maximum Gasteiger partial charge on any atom is 0.0719 e. The molecule has 15 heavy (non-hydrogen) atoms. The van der Waals surface area contributed by atoms with Crippen LogP contribution in [-0.2, 0) is 17.7 Å². The number of hydrogen-bond acceptors (Lipinski definition) is 3. The first-order valence-corrected chi connectivity index (χ1v) is 5.14. The second-order valence-electron chi connectivity index (χ2n) is 4.38. The van der Waals surface area contributed by atoms with Gasteiger partial charge in [-0.2, -0.15) is 0 Å². The Morgan fingerprint density at radius 2 is 1.87 bits per heavy atom. The molecule has 0 aromatic heterocycles. The van der Waals surface area contributed by atoms with Gasteiger partial charge in [0.2, 0.25) is 0 Å². The molecular formula is C12H19NO2. The van der Waals surface area contributed by atoms with E-state index >= 15 is 0 Å². The highest BCUT2D eigenvalue weighted by Gasteiger charge is 2.15. The van der Waals surface area contributed by atoms with E-state index in [0.29, 0.717) is 13.0 Å². The second kappa shape index (κ2) is 5.26. The Labute approximate surface area is 90.8 Å². The van der Waals surface area contributed by atoms with E-state index in [-0.39, 0.29) is 0 Å². The van der Waals surface area contributed by atoms with Crippen LogP contribution in [0.3, 0.4) is 0 Å². The molecule has 0 saturated carbocycles. The minimum absolute atomic E-state index is 0.503. The molecule has 0 fully saturated rings. The monoisotopic (exact) mass is 209 g/mol. The zero-order valence-corrected chi connectivity index (χ0v) is 9.36. The van der Waals surface area contributed by atoms with Crippen LogP contribution in [0, 0.1) is 0 Å². The second-order valence-corrected chi connectivity index (χ2v) is 4.38. The van der Waals surface area contributed by atoms with Crippen LogP contribution in [0.15, 0.2) is 24.3 Å². The third-order valence-corrected chi connectivity index (χ3v) is 2.23. The van der Waals surface area contributed by atoms with Crippen LogP contribution in [0.25, 0.3) is 0 Å². The third kappa shape index (κ3) is 4.42. The first kappa shape index (κ1) is 12.2. The van der Waals surface area contributed by atoms with Gasteiger partial charge in [0.1, 0.15) is 0 Å². The Kier molecular flexibility index (Phi) is 4.27. The Morgan fingerprint density at radius 1 is 1.27 bits per heavy atom. The summed E-state index contributed by atoms with van der Waals surface area (Å²) >= 11 is 0. The summed E-state index contributed by atoms with van der Waals surface area (Å²) in [6, 6.07) is 8.04. The van der Waals surface area contributed by atoms with E-state index in [4.69, 9.17) is 5.90 Å². The highest BCUT2D eigenvalue weighted by Crippen LogP contribution is 2.16. The number of hydrogen-bond donors (Lipinski definition) is 2. The molecule has 3 N–H and O–H groups in total. The van der Waals surface area contributed by atoms with Crippen molar-refractivity contribution in [3.05, 3.63) is 35.4 Å². The van der Waals surface area contributed by atoms with Crippen LogP contribution in [-0.4, -0.2) is 17.3 Å². The molecule has 0 amide bonds. The first-order chi connectivity index (χ1) is 7.03. The van der Waals surface area contributed by atoms with Crippen molar-refractivity contribution in [1.29, 1.82) is 0 Å². The number of rotatable bonds is 5. The Balaban J connectivity index is 2.77. The fourth-order valence-electron chi connectivity index (χ4n) is 1.61. The van der Waals surface area contributed by atoms with Crippen molar-refractivity contribution in [3.8, 4) is 0 Å². The summed E-state index contributed by atoms with van der Waals surface area (Å²) < 4.78 is 0. The Bertz CT molecular complexity index is 305. The average molecular weight is 209 g/mol. The molecular weight excluding hydrogens is 190 g/mol. The van der Waals surface area contributed by atoms with Gasteiger partial charge in [0.15, 0.2) is 0 Å². The molecule has 0 heterocycles. The average Bonchev–Trinajstić information content (AvgIpc) is 2.14. The van der Waals surface area contributed by atoms with Crippen LogP contribution in [0.5, 0.6) is 0 Å². The molecule has 0 saturated heterocycles. The van der Waals surface area contributed by atoms with E-state index in [1.54, 1.807) is 0 Å². The Hall–Kier alpha value is -0.900. The van der Waals surface area contributed by atoms with Gasteiger partial charge in [0, 0.05) is 6.42 Å². The summed E-state index contributed by atoms with van der Waals surface area (Å²) in [5, 5.41) is 9.77. The molecule has 0 radical (unpaired) electrons. The lowest BCUT2D eigenvalue weighted by atomic mass is 9.94. The van der Waals surface area contributed by atoms with Crippen molar-refractivity contribution in [2.45, 2.75) is 32.3 Å². The molecule has 1 rings (SSSR count). The predicted molar refractivity (Wildman–Crippen MR) is 60.3 cm³/mol. The van der Waals surface area contributed by atoms with Crippen molar-refractivity contribution in [1.82, 2.24) is 0 Å². The summed E-state index contributed by atoms with van der Waals surface area (Å²) in [6.45, 7) is 4.12. The highest BCUT2D eigenvalue weighted by molar-refractivity contribution is 5.28. The SMILES string of the molecule is CC(C)(O)Cc1ccccc1CCON. The molecule has 1 aromatic rings. The maximum atomic E-state index is 9.77. The lowest BCUT2D eigenvalue weighted by Crippen LogP contribution is -2.22. The first-order valence-electron chi connectivity index (χ1n) is 5.14. The van der Waals surface area contributed by atoms with Gasteiger partial charge in [0.05, 0.1) is 12.2 Å². The molecule has 0 aliphatic heterocycles. The van der Waals surface area contributed by atoms with Gasteiger partial charge in [-0.15, -0.1) is 0 Å². The number of benzene rings is 1. The van der Waals surface area contributed by atoms with Crippen LogP contribution >= 0.6 is 0 Å². The quantitative estimate of drug-likeness (QED) is 0.721.